The van der Waals surface area contributed by atoms with Gasteiger partial charge in [-0.15, -0.1) is 0 Å². The molecule has 0 atom stereocenters. The topological polar surface area (TPSA) is 85.4 Å². The van der Waals surface area contributed by atoms with Gasteiger partial charge in [-0.2, -0.15) is 0 Å². The number of aryl methyl sites for hydroxylation is 2. The van der Waals surface area contributed by atoms with E-state index in [4.69, 9.17) is 9.47 Å². The summed E-state index contributed by atoms with van der Waals surface area (Å²) >= 11 is 0. The van der Waals surface area contributed by atoms with Crippen LogP contribution in [-0.2, 0) is 0 Å². The largest absolute Gasteiger partial charge is 0.486 e. The van der Waals surface area contributed by atoms with Crippen LogP contribution in [0, 0.1) is 13.8 Å². The molecule has 1 amide bonds. The third kappa shape index (κ3) is 4.03. The highest BCUT2D eigenvalue weighted by Gasteiger charge is 2.14. The number of benzene rings is 2. The first-order valence-electron chi connectivity index (χ1n) is 8.97. The summed E-state index contributed by atoms with van der Waals surface area (Å²) in [4.78, 5) is 21.2. The lowest BCUT2D eigenvalue weighted by Gasteiger charge is -2.19. The number of amides is 1. The molecule has 1 aliphatic heterocycles. The summed E-state index contributed by atoms with van der Waals surface area (Å²) in [5.74, 6) is 2.13. The van der Waals surface area contributed by atoms with Crippen molar-refractivity contribution in [3.05, 3.63) is 65.6 Å². The molecule has 0 spiro atoms. The molecule has 0 fully saturated rings. The number of hydrogen-bond donors (Lipinski definition) is 2. The van der Waals surface area contributed by atoms with Gasteiger partial charge < -0.3 is 20.1 Å². The first-order chi connectivity index (χ1) is 13.6. The van der Waals surface area contributed by atoms with Gasteiger partial charge in [0.05, 0.1) is 0 Å². The summed E-state index contributed by atoms with van der Waals surface area (Å²) in [5, 5.41) is 6.06. The Morgan fingerprint density at radius 2 is 1.75 bits per heavy atom. The van der Waals surface area contributed by atoms with Crippen LogP contribution in [0.25, 0.3) is 0 Å². The highest BCUT2D eigenvalue weighted by molar-refractivity contribution is 6.03. The lowest BCUT2D eigenvalue weighted by molar-refractivity contribution is 0.102. The number of ether oxygens (including phenoxy) is 2. The quantitative estimate of drug-likeness (QED) is 0.719. The summed E-state index contributed by atoms with van der Waals surface area (Å²) in [6, 6.07) is 14.8. The Labute approximate surface area is 162 Å². The molecule has 142 valence electrons. The molecule has 7 heteroatoms. The molecular formula is C21H20N4O3. The number of anilines is 3. The van der Waals surface area contributed by atoms with Crippen molar-refractivity contribution in [1.82, 2.24) is 9.97 Å². The number of rotatable bonds is 4. The molecule has 0 unspecified atom stereocenters. The van der Waals surface area contributed by atoms with Crippen molar-refractivity contribution in [2.45, 2.75) is 13.8 Å². The summed E-state index contributed by atoms with van der Waals surface area (Å²) in [5.41, 5.74) is 2.86. The highest BCUT2D eigenvalue weighted by atomic mass is 16.6. The third-order valence-corrected chi connectivity index (χ3v) is 4.16. The van der Waals surface area contributed by atoms with Crippen LogP contribution in [0.4, 0.5) is 17.2 Å². The van der Waals surface area contributed by atoms with Gasteiger partial charge in [-0.3, -0.25) is 4.79 Å². The van der Waals surface area contributed by atoms with Gasteiger partial charge in [0, 0.05) is 23.5 Å². The molecule has 3 aromatic rings. The first-order valence-corrected chi connectivity index (χ1v) is 8.97. The molecule has 2 aromatic carbocycles. The second kappa shape index (κ2) is 7.56. The Balaban J connectivity index is 1.54. The van der Waals surface area contributed by atoms with Crippen molar-refractivity contribution >= 4 is 23.1 Å². The highest BCUT2D eigenvalue weighted by Crippen LogP contribution is 2.33. The van der Waals surface area contributed by atoms with Gasteiger partial charge in [0.15, 0.2) is 11.5 Å². The molecule has 28 heavy (non-hydrogen) atoms. The van der Waals surface area contributed by atoms with Crippen LogP contribution in [0.3, 0.4) is 0 Å². The molecule has 0 radical (unpaired) electrons. The maximum absolute atomic E-state index is 12.6. The molecule has 0 saturated carbocycles. The first kappa shape index (κ1) is 17.8. The normalized spacial score (nSPS) is 12.4. The van der Waals surface area contributed by atoms with E-state index in [1.165, 1.54) is 0 Å². The smallest absolute Gasteiger partial charge is 0.274 e. The van der Waals surface area contributed by atoms with Crippen molar-refractivity contribution in [2.75, 3.05) is 23.8 Å². The molecule has 0 aliphatic carbocycles. The van der Waals surface area contributed by atoms with E-state index < -0.39 is 0 Å². The average molecular weight is 376 g/mol. The van der Waals surface area contributed by atoms with Crippen molar-refractivity contribution in [1.29, 1.82) is 0 Å². The zero-order chi connectivity index (χ0) is 19.5. The zero-order valence-corrected chi connectivity index (χ0v) is 15.7. The molecule has 1 aromatic heterocycles. The summed E-state index contributed by atoms with van der Waals surface area (Å²) in [6.07, 6.45) is 0. The van der Waals surface area contributed by atoms with Crippen LogP contribution in [0.15, 0.2) is 48.5 Å². The van der Waals surface area contributed by atoms with Crippen molar-refractivity contribution < 1.29 is 14.3 Å². The van der Waals surface area contributed by atoms with E-state index in [1.807, 2.05) is 49.4 Å². The van der Waals surface area contributed by atoms with Crippen molar-refractivity contribution in [2.24, 2.45) is 0 Å². The average Bonchev–Trinajstić information content (AvgIpc) is 2.67. The van der Waals surface area contributed by atoms with Gasteiger partial charge in [0.2, 0.25) is 0 Å². The predicted octanol–water partition coefficient (Wildman–Crippen LogP) is 3.86. The minimum absolute atomic E-state index is 0.286. The maximum Gasteiger partial charge on any atom is 0.274 e. The minimum atomic E-state index is -0.290. The van der Waals surface area contributed by atoms with Gasteiger partial charge in [0.25, 0.3) is 5.91 Å². The Hall–Kier alpha value is -3.61. The number of carbonyl (C=O) groups is 1. The van der Waals surface area contributed by atoms with Crippen LogP contribution >= 0.6 is 0 Å². The van der Waals surface area contributed by atoms with Crippen LogP contribution in [0.1, 0.15) is 21.9 Å². The maximum atomic E-state index is 12.6. The summed E-state index contributed by atoms with van der Waals surface area (Å²) in [6.45, 7) is 4.79. The molecule has 7 nitrogen and oxygen atoms in total. The van der Waals surface area contributed by atoms with Crippen LogP contribution in [-0.4, -0.2) is 29.1 Å². The number of aromatic nitrogens is 2. The summed E-state index contributed by atoms with van der Waals surface area (Å²) in [7, 11) is 0. The van der Waals surface area contributed by atoms with E-state index >= 15 is 0 Å². The monoisotopic (exact) mass is 376 g/mol. The number of nitrogens with one attached hydrogen (secondary N) is 2. The second-order valence-electron chi connectivity index (χ2n) is 6.49. The second-order valence-corrected chi connectivity index (χ2v) is 6.49. The van der Waals surface area contributed by atoms with E-state index in [0.29, 0.717) is 36.4 Å². The van der Waals surface area contributed by atoms with E-state index in [-0.39, 0.29) is 11.6 Å². The summed E-state index contributed by atoms with van der Waals surface area (Å²) < 4.78 is 11.1. The standard InChI is InChI=1S/C21H20N4O3/c1-13-4-3-5-15(10-13)25-21(26)17-12-20(23-14(2)22-17)24-16-6-7-18-19(11-16)28-9-8-27-18/h3-7,10-12H,8-9H2,1-2H3,(H,25,26)(H,22,23,24). The fourth-order valence-corrected chi connectivity index (χ4v) is 2.93. The van der Waals surface area contributed by atoms with Gasteiger partial charge in [-0.05, 0) is 43.7 Å². The Morgan fingerprint density at radius 1 is 0.929 bits per heavy atom. The fraction of sp³-hybridized carbons (Fsp3) is 0.190. The molecule has 2 heterocycles. The zero-order valence-electron chi connectivity index (χ0n) is 15.7. The Kier molecular flexibility index (Phi) is 4.80. The van der Waals surface area contributed by atoms with Crippen molar-refractivity contribution in [3.8, 4) is 11.5 Å². The van der Waals surface area contributed by atoms with Gasteiger partial charge in [-0.1, -0.05) is 12.1 Å². The van der Waals surface area contributed by atoms with Crippen LogP contribution in [0.5, 0.6) is 11.5 Å². The molecular weight excluding hydrogens is 356 g/mol. The molecule has 4 rings (SSSR count). The van der Waals surface area contributed by atoms with Gasteiger partial charge in [-0.25, -0.2) is 9.97 Å². The van der Waals surface area contributed by atoms with E-state index in [9.17, 15) is 4.79 Å². The Morgan fingerprint density at radius 3 is 2.57 bits per heavy atom. The van der Waals surface area contributed by atoms with E-state index in [1.54, 1.807) is 13.0 Å². The molecule has 1 aliphatic rings. The van der Waals surface area contributed by atoms with Crippen LogP contribution < -0.4 is 20.1 Å². The number of fused-ring (bicyclic) bond motifs is 1. The predicted molar refractivity (Wildman–Crippen MR) is 107 cm³/mol. The molecule has 0 bridgehead atoms. The number of carbonyl (C=O) groups excluding carboxylic acids is 1. The lowest BCUT2D eigenvalue weighted by Crippen LogP contribution is -2.16. The third-order valence-electron chi connectivity index (χ3n) is 4.16. The number of hydrogen-bond acceptors (Lipinski definition) is 6. The SMILES string of the molecule is Cc1cccc(NC(=O)c2cc(Nc3ccc4c(c3)OCCO4)nc(C)n2)c1. The van der Waals surface area contributed by atoms with Crippen molar-refractivity contribution in [3.63, 3.8) is 0 Å². The van der Waals surface area contributed by atoms with Gasteiger partial charge in [0.1, 0.15) is 30.5 Å². The van der Waals surface area contributed by atoms with Gasteiger partial charge >= 0.3 is 0 Å². The van der Waals surface area contributed by atoms with E-state index in [0.717, 1.165) is 16.9 Å². The fourth-order valence-electron chi connectivity index (χ4n) is 2.93. The minimum Gasteiger partial charge on any atom is -0.486 e. The molecule has 0 saturated heterocycles. The molecule has 2 N–H and O–H groups in total. The van der Waals surface area contributed by atoms with Crippen LogP contribution in [0.2, 0.25) is 0 Å². The van der Waals surface area contributed by atoms with E-state index in [2.05, 4.69) is 20.6 Å². The number of nitrogens with zero attached hydrogens (tertiary/aromatic N) is 2. The lowest BCUT2D eigenvalue weighted by atomic mass is 10.2. The Bertz CT molecular complexity index is 1040.